The minimum Gasteiger partial charge on any atom is -0.478 e. The predicted octanol–water partition coefficient (Wildman–Crippen LogP) is 3.43. The van der Waals surface area contributed by atoms with Gasteiger partial charge in [0.05, 0.1) is 11.1 Å². The van der Waals surface area contributed by atoms with Gasteiger partial charge in [-0.15, -0.1) is 15.3 Å². The van der Waals surface area contributed by atoms with Gasteiger partial charge in [-0.3, -0.25) is 0 Å². The van der Waals surface area contributed by atoms with Crippen LogP contribution in [0.4, 0.5) is 0 Å². The molecule has 8 heteroatoms. The van der Waals surface area contributed by atoms with Crippen LogP contribution in [0.3, 0.4) is 0 Å². The van der Waals surface area contributed by atoms with Gasteiger partial charge in [-0.25, -0.2) is 9.48 Å². The third kappa shape index (κ3) is 2.71. The Morgan fingerprint density at radius 2 is 1.65 bits per heavy atom. The molecule has 0 spiro atoms. The largest absolute Gasteiger partial charge is 0.478 e. The highest BCUT2D eigenvalue weighted by atomic mass is 16.4. The molecule has 0 radical (unpaired) electrons. The molecule has 0 amide bonds. The SMILES string of the molecule is CC(C)n1nnc2ccc(-c3nnc(-c4ccc(C(=O)O)cc4)o3)cc21. The van der Waals surface area contributed by atoms with Gasteiger partial charge in [0.25, 0.3) is 0 Å². The molecule has 26 heavy (non-hydrogen) atoms. The summed E-state index contributed by atoms with van der Waals surface area (Å²) in [6, 6.07) is 12.1. The minimum atomic E-state index is -0.980. The van der Waals surface area contributed by atoms with Crippen molar-refractivity contribution >= 4 is 17.0 Å². The van der Waals surface area contributed by atoms with Crippen LogP contribution >= 0.6 is 0 Å². The Morgan fingerprint density at radius 1 is 1.00 bits per heavy atom. The first-order chi connectivity index (χ1) is 12.5. The van der Waals surface area contributed by atoms with Crippen LogP contribution in [0.25, 0.3) is 33.9 Å². The Balaban J connectivity index is 1.70. The van der Waals surface area contributed by atoms with Crippen LogP contribution in [0, 0.1) is 0 Å². The van der Waals surface area contributed by atoms with E-state index >= 15 is 0 Å². The molecular weight excluding hydrogens is 334 g/mol. The van der Waals surface area contributed by atoms with Crippen molar-refractivity contribution in [3.05, 3.63) is 48.0 Å². The Morgan fingerprint density at radius 3 is 2.31 bits per heavy atom. The summed E-state index contributed by atoms with van der Waals surface area (Å²) in [6.07, 6.45) is 0. The number of hydrogen-bond donors (Lipinski definition) is 1. The number of carbonyl (C=O) groups is 1. The van der Waals surface area contributed by atoms with Gasteiger partial charge in [0.2, 0.25) is 11.8 Å². The van der Waals surface area contributed by atoms with E-state index in [0.717, 1.165) is 16.6 Å². The fourth-order valence-electron chi connectivity index (χ4n) is 2.66. The third-order valence-corrected chi connectivity index (χ3v) is 4.01. The summed E-state index contributed by atoms with van der Waals surface area (Å²) in [7, 11) is 0. The van der Waals surface area contributed by atoms with Gasteiger partial charge < -0.3 is 9.52 Å². The van der Waals surface area contributed by atoms with Gasteiger partial charge in [0, 0.05) is 17.2 Å². The lowest BCUT2D eigenvalue weighted by molar-refractivity contribution is 0.0697. The highest BCUT2D eigenvalue weighted by molar-refractivity contribution is 5.88. The van der Waals surface area contributed by atoms with Crippen LogP contribution in [0.2, 0.25) is 0 Å². The second kappa shape index (κ2) is 6.07. The summed E-state index contributed by atoms with van der Waals surface area (Å²) < 4.78 is 7.60. The van der Waals surface area contributed by atoms with Crippen molar-refractivity contribution in [3.8, 4) is 22.9 Å². The van der Waals surface area contributed by atoms with Gasteiger partial charge >= 0.3 is 5.97 Å². The topological polar surface area (TPSA) is 107 Å². The Bertz CT molecular complexity index is 1100. The van der Waals surface area contributed by atoms with E-state index in [4.69, 9.17) is 9.52 Å². The number of benzene rings is 2. The molecule has 4 aromatic rings. The fourth-order valence-corrected chi connectivity index (χ4v) is 2.66. The maximum absolute atomic E-state index is 10.9. The normalized spacial score (nSPS) is 11.3. The van der Waals surface area contributed by atoms with Crippen molar-refractivity contribution in [2.24, 2.45) is 0 Å². The maximum Gasteiger partial charge on any atom is 0.335 e. The first-order valence-electron chi connectivity index (χ1n) is 8.05. The van der Waals surface area contributed by atoms with Crippen LogP contribution < -0.4 is 0 Å². The Labute approximate surface area is 148 Å². The number of fused-ring (bicyclic) bond motifs is 1. The molecule has 0 aliphatic heterocycles. The fraction of sp³-hybridized carbons (Fsp3) is 0.167. The van der Waals surface area contributed by atoms with Crippen molar-refractivity contribution in [2.75, 3.05) is 0 Å². The van der Waals surface area contributed by atoms with Crippen molar-refractivity contribution < 1.29 is 14.3 Å². The van der Waals surface area contributed by atoms with E-state index in [9.17, 15) is 4.79 Å². The summed E-state index contributed by atoms with van der Waals surface area (Å²) in [5.41, 5.74) is 3.31. The number of hydrogen-bond acceptors (Lipinski definition) is 6. The predicted molar refractivity (Wildman–Crippen MR) is 93.6 cm³/mol. The Kier molecular flexibility index (Phi) is 3.72. The first-order valence-corrected chi connectivity index (χ1v) is 8.05. The van der Waals surface area contributed by atoms with E-state index in [1.165, 1.54) is 12.1 Å². The van der Waals surface area contributed by atoms with E-state index in [1.54, 1.807) is 12.1 Å². The lowest BCUT2D eigenvalue weighted by atomic mass is 10.1. The molecule has 0 atom stereocenters. The zero-order valence-corrected chi connectivity index (χ0v) is 14.1. The number of aromatic nitrogens is 5. The minimum absolute atomic E-state index is 0.182. The lowest BCUT2D eigenvalue weighted by Crippen LogP contribution is -2.02. The second-order valence-electron chi connectivity index (χ2n) is 6.13. The number of carboxylic acids is 1. The molecule has 0 aliphatic rings. The van der Waals surface area contributed by atoms with Crippen molar-refractivity contribution in [3.63, 3.8) is 0 Å². The van der Waals surface area contributed by atoms with Gasteiger partial charge in [-0.2, -0.15) is 0 Å². The van der Waals surface area contributed by atoms with Crippen molar-refractivity contribution in [2.45, 2.75) is 19.9 Å². The summed E-state index contributed by atoms with van der Waals surface area (Å²) in [4.78, 5) is 10.9. The molecule has 0 bridgehead atoms. The van der Waals surface area contributed by atoms with Gasteiger partial charge in [-0.05, 0) is 56.3 Å². The second-order valence-corrected chi connectivity index (χ2v) is 6.13. The van der Waals surface area contributed by atoms with Crippen molar-refractivity contribution in [1.82, 2.24) is 25.2 Å². The van der Waals surface area contributed by atoms with Crippen LogP contribution in [0.1, 0.15) is 30.2 Å². The van der Waals surface area contributed by atoms with Crippen LogP contribution in [-0.2, 0) is 0 Å². The van der Waals surface area contributed by atoms with Gasteiger partial charge in [0.1, 0.15) is 5.52 Å². The molecule has 0 saturated heterocycles. The Hall–Kier alpha value is -3.55. The smallest absolute Gasteiger partial charge is 0.335 e. The summed E-state index contributed by atoms with van der Waals surface area (Å²) >= 11 is 0. The summed E-state index contributed by atoms with van der Waals surface area (Å²) in [5.74, 6) is -0.278. The van der Waals surface area contributed by atoms with E-state index in [0.29, 0.717) is 17.3 Å². The number of aromatic carboxylic acids is 1. The number of nitrogens with zero attached hydrogens (tertiary/aromatic N) is 5. The van der Waals surface area contributed by atoms with Gasteiger partial charge in [0.15, 0.2) is 0 Å². The van der Waals surface area contributed by atoms with Gasteiger partial charge in [-0.1, -0.05) is 5.21 Å². The molecule has 2 aromatic carbocycles. The molecule has 1 N–H and O–H groups in total. The zero-order valence-electron chi connectivity index (χ0n) is 14.1. The third-order valence-electron chi connectivity index (χ3n) is 4.01. The molecule has 8 nitrogen and oxygen atoms in total. The standard InChI is InChI=1S/C18H15N5O3/c1-10(2)23-15-9-13(7-8-14(15)19-22-23)17-21-20-16(26-17)11-3-5-12(6-4-11)18(24)25/h3-10H,1-2H3,(H,24,25). The molecule has 0 unspecified atom stereocenters. The zero-order chi connectivity index (χ0) is 18.3. The monoisotopic (exact) mass is 349 g/mol. The quantitative estimate of drug-likeness (QED) is 0.601. The average Bonchev–Trinajstić information content (AvgIpc) is 3.28. The molecule has 2 aromatic heterocycles. The highest BCUT2D eigenvalue weighted by Crippen LogP contribution is 2.27. The van der Waals surface area contributed by atoms with Crippen molar-refractivity contribution in [1.29, 1.82) is 0 Å². The molecular formula is C18H15N5O3. The van der Waals surface area contributed by atoms with Crippen LogP contribution in [0.5, 0.6) is 0 Å². The first kappa shape index (κ1) is 15.9. The van der Waals surface area contributed by atoms with Crippen LogP contribution in [0.15, 0.2) is 46.9 Å². The molecule has 0 saturated carbocycles. The average molecular weight is 349 g/mol. The molecule has 2 heterocycles. The summed E-state index contributed by atoms with van der Waals surface area (Å²) in [6.45, 7) is 4.07. The lowest BCUT2D eigenvalue weighted by Gasteiger charge is -2.05. The summed E-state index contributed by atoms with van der Waals surface area (Å²) in [5, 5.41) is 25.4. The maximum atomic E-state index is 10.9. The van der Waals surface area contributed by atoms with Crippen LogP contribution in [-0.4, -0.2) is 36.3 Å². The van der Waals surface area contributed by atoms with E-state index in [2.05, 4.69) is 20.5 Å². The molecule has 0 aliphatic carbocycles. The van der Waals surface area contributed by atoms with E-state index < -0.39 is 5.97 Å². The molecule has 0 fully saturated rings. The number of carboxylic acid groups (broad SMARTS) is 1. The molecule has 130 valence electrons. The number of rotatable bonds is 4. The van der Waals surface area contributed by atoms with E-state index in [-0.39, 0.29) is 11.6 Å². The molecule has 4 rings (SSSR count). The van der Waals surface area contributed by atoms with E-state index in [1.807, 2.05) is 36.7 Å². The highest BCUT2D eigenvalue weighted by Gasteiger charge is 2.14.